The average molecular weight is 265 g/mol. The minimum Gasteiger partial charge on any atom is -0.369 e. The number of carbonyl (C=O) groups is 2. The Balaban J connectivity index is 3.14. The number of hydrogen-bond acceptors (Lipinski definition) is 5. The van der Waals surface area contributed by atoms with E-state index in [4.69, 9.17) is 5.73 Å². The van der Waals surface area contributed by atoms with Crippen molar-refractivity contribution in [2.75, 3.05) is 20.6 Å². The smallest absolute Gasteiger partial charge is 0.278 e. The first-order valence-corrected chi connectivity index (χ1v) is 5.75. The lowest BCUT2D eigenvalue weighted by Crippen LogP contribution is -2.48. The summed E-state index contributed by atoms with van der Waals surface area (Å²) in [4.78, 5) is 26.1. The number of rotatable bonds is 5. The van der Waals surface area contributed by atoms with Gasteiger partial charge in [-0.3, -0.25) is 14.5 Å². The van der Waals surface area contributed by atoms with Crippen LogP contribution in [0.3, 0.4) is 0 Å². The first-order chi connectivity index (χ1) is 8.90. The van der Waals surface area contributed by atoms with Crippen LogP contribution < -0.4 is 16.4 Å². The number of amides is 2. The highest BCUT2D eigenvalue weighted by molar-refractivity contribution is 5.96. The lowest BCUT2D eigenvalue weighted by Gasteiger charge is -2.37. The molecule has 0 fully saturated rings. The quantitative estimate of drug-likeness (QED) is 0.607. The molecule has 0 saturated carbocycles. The molecule has 0 saturated heterocycles. The van der Waals surface area contributed by atoms with Crippen LogP contribution in [0.25, 0.3) is 0 Å². The van der Waals surface area contributed by atoms with Crippen molar-refractivity contribution in [3.8, 4) is 0 Å². The number of allylic oxidation sites excluding steroid dienone is 1. The fourth-order valence-electron chi connectivity index (χ4n) is 1.57. The predicted octanol–water partition coefficient (Wildman–Crippen LogP) is -0.771. The molecule has 0 unspecified atom stereocenters. The van der Waals surface area contributed by atoms with Gasteiger partial charge < -0.3 is 21.3 Å². The van der Waals surface area contributed by atoms with Crippen molar-refractivity contribution in [3.05, 3.63) is 36.2 Å². The Morgan fingerprint density at radius 1 is 1.42 bits per heavy atom. The summed E-state index contributed by atoms with van der Waals surface area (Å²) in [6, 6.07) is 0. The molecule has 0 aromatic heterocycles. The van der Waals surface area contributed by atoms with Crippen molar-refractivity contribution in [1.82, 2.24) is 20.4 Å². The Bertz CT molecular complexity index is 467. The van der Waals surface area contributed by atoms with Crippen LogP contribution in [-0.4, -0.2) is 42.3 Å². The van der Waals surface area contributed by atoms with Gasteiger partial charge in [0.2, 0.25) is 5.91 Å². The molecule has 0 aromatic carbocycles. The minimum atomic E-state index is -0.541. The predicted molar refractivity (Wildman–Crippen MR) is 71.8 cm³/mol. The zero-order chi connectivity index (χ0) is 14.6. The van der Waals surface area contributed by atoms with E-state index in [9.17, 15) is 9.59 Å². The summed E-state index contributed by atoms with van der Waals surface area (Å²) in [5.41, 5.74) is 5.36. The number of nitrogens with one attached hydrogen (secondary N) is 2. The van der Waals surface area contributed by atoms with Gasteiger partial charge in [0.25, 0.3) is 5.91 Å². The summed E-state index contributed by atoms with van der Waals surface area (Å²) in [5.74, 6) is 0.228. The van der Waals surface area contributed by atoms with Gasteiger partial charge in [-0.15, -0.1) is 0 Å². The maximum absolute atomic E-state index is 12.2. The maximum atomic E-state index is 12.2. The van der Waals surface area contributed by atoms with Crippen molar-refractivity contribution in [2.24, 2.45) is 5.73 Å². The summed E-state index contributed by atoms with van der Waals surface area (Å²) in [6.07, 6.45) is 3.47. The fraction of sp³-hybridized carbons (Fsp3) is 0.333. The van der Waals surface area contributed by atoms with Gasteiger partial charge in [0.05, 0.1) is 6.54 Å². The normalized spacial score (nSPS) is 16.4. The van der Waals surface area contributed by atoms with Crippen LogP contribution in [-0.2, 0) is 9.59 Å². The number of nitrogens with zero attached hydrogens (tertiary/aromatic N) is 2. The standard InChI is InChI=1S/C12H19N5O2/c1-5-6-14-11-10(15-7-9(13)18)12(19)17(4)8(2)16(11)3/h5-6,14-15H,2,7H2,1,3-4H3,(H2,13,18)/b6-5-. The maximum Gasteiger partial charge on any atom is 0.278 e. The number of nitrogens with two attached hydrogens (primary N) is 1. The van der Waals surface area contributed by atoms with Crippen molar-refractivity contribution in [2.45, 2.75) is 6.92 Å². The molecule has 7 heteroatoms. The Hall–Kier alpha value is -2.44. The van der Waals surface area contributed by atoms with Gasteiger partial charge in [-0.25, -0.2) is 0 Å². The molecule has 0 bridgehead atoms. The van der Waals surface area contributed by atoms with E-state index in [-0.39, 0.29) is 18.1 Å². The molecule has 0 atom stereocenters. The second kappa shape index (κ2) is 5.94. The Morgan fingerprint density at radius 2 is 2.05 bits per heavy atom. The number of hydrogen-bond donors (Lipinski definition) is 3. The molecule has 0 aromatic rings. The molecule has 0 aliphatic carbocycles. The van der Waals surface area contributed by atoms with E-state index >= 15 is 0 Å². The van der Waals surface area contributed by atoms with Crippen LogP contribution in [0.2, 0.25) is 0 Å². The van der Waals surface area contributed by atoms with Crippen molar-refractivity contribution in [1.29, 1.82) is 0 Å². The summed E-state index contributed by atoms with van der Waals surface area (Å²) in [5, 5.41) is 5.72. The Morgan fingerprint density at radius 3 is 2.58 bits per heavy atom. The first-order valence-electron chi connectivity index (χ1n) is 5.75. The molecule has 104 valence electrons. The second-order valence-electron chi connectivity index (χ2n) is 4.03. The third-order valence-electron chi connectivity index (χ3n) is 2.69. The van der Waals surface area contributed by atoms with Crippen LogP contribution in [0.5, 0.6) is 0 Å². The summed E-state index contributed by atoms with van der Waals surface area (Å²) in [7, 11) is 3.38. The van der Waals surface area contributed by atoms with Crippen molar-refractivity contribution in [3.63, 3.8) is 0 Å². The molecule has 19 heavy (non-hydrogen) atoms. The van der Waals surface area contributed by atoms with E-state index in [0.29, 0.717) is 11.6 Å². The highest BCUT2D eigenvalue weighted by Crippen LogP contribution is 2.20. The van der Waals surface area contributed by atoms with Gasteiger partial charge in [0.1, 0.15) is 17.3 Å². The van der Waals surface area contributed by atoms with E-state index in [1.54, 1.807) is 31.3 Å². The van der Waals surface area contributed by atoms with Crippen molar-refractivity contribution < 1.29 is 9.59 Å². The molecule has 4 N–H and O–H groups in total. The highest BCUT2D eigenvalue weighted by Gasteiger charge is 2.30. The van der Waals surface area contributed by atoms with Gasteiger partial charge in [-0.05, 0) is 13.1 Å². The summed E-state index contributed by atoms with van der Waals surface area (Å²) < 4.78 is 0. The van der Waals surface area contributed by atoms with Gasteiger partial charge in [-0.1, -0.05) is 12.7 Å². The topological polar surface area (TPSA) is 90.7 Å². The van der Waals surface area contributed by atoms with E-state index < -0.39 is 5.91 Å². The van der Waals surface area contributed by atoms with Crippen LogP contribution in [0.1, 0.15) is 6.92 Å². The van der Waals surface area contributed by atoms with Crippen LogP contribution >= 0.6 is 0 Å². The molecular formula is C12H19N5O2. The lowest BCUT2D eigenvalue weighted by atomic mass is 10.2. The minimum absolute atomic E-state index is 0.115. The summed E-state index contributed by atoms with van der Waals surface area (Å²) >= 11 is 0. The zero-order valence-electron chi connectivity index (χ0n) is 11.4. The molecule has 2 amide bonds. The van der Waals surface area contributed by atoms with E-state index in [2.05, 4.69) is 17.2 Å². The SMILES string of the molecule is C=C1N(C)C(=O)C(NCC(N)=O)=C(N/C=C\C)N1C. The molecular weight excluding hydrogens is 246 g/mol. The van der Waals surface area contributed by atoms with Crippen LogP contribution in [0, 0.1) is 0 Å². The number of carbonyl (C=O) groups excluding carboxylic acids is 2. The molecule has 7 nitrogen and oxygen atoms in total. The third-order valence-corrected chi connectivity index (χ3v) is 2.69. The lowest BCUT2D eigenvalue weighted by molar-refractivity contribution is -0.126. The van der Waals surface area contributed by atoms with Gasteiger partial charge in [0, 0.05) is 14.1 Å². The Kier molecular flexibility index (Phi) is 4.57. The van der Waals surface area contributed by atoms with E-state index in [1.165, 1.54) is 4.90 Å². The van der Waals surface area contributed by atoms with E-state index in [0.717, 1.165) is 0 Å². The molecule has 1 aliphatic heterocycles. The van der Waals surface area contributed by atoms with Crippen LogP contribution in [0.4, 0.5) is 0 Å². The second-order valence-corrected chi connectivity index (χ2v) is 4.03. The molecule has 0 radical (unpaired) electrons. The average Bonchev–Trinajstić information content (AvgIpc) is 2.37. The monoisotopic (exact) mass is 265 g/mol. The first kappa shape index (κ1) is 14.6. The van der Waals surface area contributed by atoms with Crippen molar-refractivity contribution >= 4 is 11.8 Å². The zero-order valence-corrected chi connectivity index (χ0v) is 11.4. The molecule has 0 spiro atoms. The third kappa shape index (κ3) is 3.06. The van der Waals surface area contributed by atoms with Gasteiger partial charge in [-0.2, -0.15) is 0 Å². The van der Waals surface area contributed by atoms with Gasteiger partial charge >= 0.3 is 0 Å². The molecule has 1 aliphatic rings. The number of likely N-dealkylation sites (N-methyl/N-ethyl adjacent to an activating group) is 1. The van der Waals surface area contributed by atoms with Crippen LogP contribution in [0.15, 0.2) is 36.2 Å². The number of primary amides is 1. The Labute approximate surface area is 112 Å². The fourth-order valence-corrected chi connectivity index (χ4v) is 1.57. The van der Waals surface area contributed by atoms with E-state index in [1.807, 2.05) is 6.92 Å². The molecule has 1 heterocycles. The highest BCUT2D eigenvalue weighted by atomic mass is 16.2. The summed E-state index contributed by atoms with van der Waals surface area (Å²) in [6.45, 7) is 5.56. The largest absolute Gasteiger partial charge is 0.369 e. The molecule has 1 rings (SSSR count). The van der Waals surface area contributed by atoms with Gasteiger partial charge in [0.15, 0.2) is 0 Å².